The van der Waals surface area contributed by atoms with Gasteiger partial charge in [-0.2, -0.15) is 4.98 Å². The van der Waals surface area contributed by atoms with Gasteiger partial charge in [-0.1, -0.05) is 6.08 Å². The van der Waals surface area contributed by atoms with Crippen molar-refractivity contribution in [1.82, 2.24) is 15.3 Å². The molecule has 2 aliphatic rings. The Kier molecular flexibility index (Phi) is 3.84. The molecule has 0 unspecified atom stereocenters. The Morgan fingerprint density at radius 3 is 3.00 bits per heavy atom. The predicted molar refractivity (Wildman–Crippen MR) is 72.1 cm³/mol. The maximum absolute atomic E-state index is 5.57. The van der Waals surface area contributed by atoms with Crippen molar-refractivity contribution in [3.05, 3.63) is 35.8 Å². The molecule has 0 aromatic carbocycles. The number of anilines is 1. The third-order valence-electron chi connectivity index (χ3n) is 2.87. The Balaban J connectivity index is 0.00000120. The Morgan fingerprint density at radius 2 is 2.28 bits per heavy atom. The van der Waals surface area contributed by atoms with E-state index in [2.05, 4.69) is 15.3 Å². The lowest BCUT2D eigenvalue weighted by Gasteiger charge is -2.22. The number of halogens is 1. The summed E-state index contributed by atoms with van der Waals surface area (Å²) in [5, 5.41) is 3.23. The lowest BCUT2D eigenvalue weighted by Crippen LogP contribution is -2.19. The van der Waals surface area contributed by atoms with Gasteiger partial charge in [-0.3, -0.25) is 4.98 Å². The highest BCUT2D eigenvalue weighted by atomic mass is 35.5. The summed E-state index contributed by atoms with van der Waals surface area (Å²) in [6.07, 6.45) is 7.86. The molecule has 1 aromatic heterocycles. The largest absolute Gasteiger partial charge is 0.475 e. The molecule has 1 aliphatic heterocycles. The van der Waals surface area contributed by atoms with Crippen molar-refractivity contribution in [1.29, 1.82) is 0 Å². The van der Waals surface area contributed by atoms with E-state index in [-0.39, 0.29) is 12.4 Å². The second-order valence-electron chi connectivity index (χ2n) is 4.01. The molecule has 0 atom stereocenters. The molecule has 1 N–H and O–H groups in total. The number of rotatable bonds is 2. The molecule has 0 radical (unpaired) electrons. The number of hydrogen-bond acceptors (Lipinski definition) is 5. The summed E-state index contributed by atoms with van der Waals surface area (Å²) < 4.78 is 5.57. The molecule has 96 valence electrons. The van der Waals surface area contributed by atoms with Crippen LogP contribution in [0.15, 0.2) is 30.1 Å². The van der Waals surface area contributed by atoms with Crippen LogP contribution in [0.5, 0.6) is 5.88 Å². The van der Waals surface area contributed by atoms with Gasteiger partial charge in [0.15, 0.2) is 5.82 Å². The highest BCUT2D eigenvalue weighted by molar-refractivity contribution is 5.85. The molecule has 0 saturated heterocycles. The molecule has 5 nitrogen and oxygen atoms in total. The fourth-order valence-corrected chi connectivity index (χ4v) is 1.75. The van der Waals surface area contributed by atoms with Crippen LogP contribution in [0, 0.1) is 0 Å². The summed E-state index contributed by atoms with van der Waals surface area (Å²) >= 11 is 0. The van der Waals surface area contributed by atoms with Gasteiger partial charge in [0.2, 0.25) is 5.88 Å². The molecule has 6 heteroatoms. The molecule has 0 fully saturated rings. The zero-order chi connectivity index (χ0) is 11.7. The SMILES string of the molecule is CN(C1=CC=C1)c1cnc2c(n1)OCCNC2.Cl. The molecule has 0 spiro atoms. The molecule has 2 heterocycles. The van der Waals surface area contributed by atoms with Crippen LogP contribution in [0.25, 0.3) is 0 Å². The Hall–Kier alpha value is -1.59. The first-order chi connectivity index (χ1) is 8.34. The van der Waals surface area contributed by atoms with Crippen molar-refractivity contribution in [3.8, 4) is 5.88 Å². The van der Waals surface area contributed by atoms with Crippen molar-refractivity contribution >= 4 is 18.2 Å². The summed E-state index contributed by atoms with van der Waals surface area (Å²) in [6, 6.07) is 0. The number of hydrogen-bond donors (Lipinski definition) is 1. The van der Waals surface area contributed by atoms with E-state index in [1.807, 2.05) is 30.2 Å². The zero-order valence-corrected chi connectivity index (χ0v) is 10.9. The molecular weight excluding hydrogens is 252 g/mol. The summed E-state index contributed by atoms with van der Waals surface area (Å²) in [4.78, 5) is 10.9. The highest BCUT2D eigenvalue weighted by Crippen LogP contribution is 2.23. The first kappa shape index (κ1) is 12.9. The maximum atomic E-state index is 5.57. The second-order valence-corrected chi connectivity index (χ2v) is 4.01. The molecule has 0 amide bonds. The van der Waals surface area contributed by atoms with Crippen molar-refractivity contribution in [3.63, 3.8) is 0 Å². The minimum absolute atomic E-state index is 0. The predicted octanol–water partition coefficient (Wildman–Crippen LogP) is 1.27. The van der Waals surface area contributed by atoms with Crippen LogP contribution in [0.2, 0.25) is 0 Å². The van der Waals surface area contributed by atoms with Gasteiger partial charge < -0.3 is 15.0 Å². The van der Waals surface area contributed by atoms with Gasteiger partial charge in [-0.15, -0.1) is 12.4 Å². The molecular formula is C12H15ClN4O. The minimum Gasteiger partial charge on any atom is -0.475 e. The third kappa shape index (κ3) is 2.32. The van der Waals surface area contributed by atoms with Crippen molar-refractivity contribution in [2.75, 3.05) is 25.1 Å². The minimum atomic E-state index is 0. The number of aromatic nitrogens is 2. The van der Waals surface area contributed by atoms with Crippen LogP contribution in [-0.4, -0.2) is 30.2 Å². The van der Waals surface area contributed by atoms with Crippen LogP contribution >= 0.6 is 12.4 Å². The van der Waals surface area contributed by atoms with E-state index in [4.69, 9.17) is 4.74 Å². The topological polar surface area (TPSA) is 50.3 Å². The van der Waals surface area contributed by atoms with Crippen LogP contribution in [0.3, 0.4) is 0 Å². The van der Waals surface area contributed by atoms with Crippen LogP contribution in [0.4, 0.5) is 5.82 Å². The first-order valence-corrected chi connectivity index (χ1v) is 5.66. The van der Waals surface area contributed by atoms with Crippen molar-refractivity contribution in [2.24, 2.45) is 0 Å². The van der Waals surface area contributed by atoms with E-state index in [0.29, 0.717) is 12.5 Å². The normalized spacial score (nSPS) is 16.4. The summed E-state index contributed by atoms with van der Waals surface area (Å²) in [5.74, 6) is 1.45. The van der Waals surface area contributed by atoms with Gasteiger partial charge >= 0.3 is 0 Å². The smallest absolute Gasteiger partial charge is 0.239 e. The molecule has 18 heavy (non-hydrogen) atoms. The number of nitrogens with zero attached hydrogens (tertiary/aromatic N) is 3. The third-order valence-corrected chi connectivity index (χ3v) is 2.87. The van der Waals surface area contributed by atoms with Gasteiger partial charge in [-0.05, 0) is 12.2 Å². The maximum Gasteiger partial charge on any atom is 0.239 e. The van der Waals surface area contributed by atoms with E-state index in [1.165, 1.54) is 0 Å². The van der Waals surface area contributed by atoms with Crippen LogP contribution in [-0.2, 0) is 6.54 Å². The van der Waals surface area contributed by atoms with E-state index >= 15 is 0 Å². The Morgan fingerprint density at radius 1 is 1.44 bits per heavy atom. The first-order valence-electron chi connectivity index (χ1n) is 5.66. The Bertz CT molecular complexity index is 501. The second kappa shape index (κ2) is 5.37. The number of nitrogens with one attached hydrogen (secondary N) is 1. The van der Waals surface area contributed by atoms with E-state index in [1.54, 1.807) is 6.20 Å². The molecule has 1 aliphatic carbocycles. The number of ether oxygens (including phenoxy) is 1. The lowest BCUT2D eigenvalue weighted by molar-refractivity contribution is 0.313. The fraction of sp³-hybridized carbons (Fsp3) is 0.333. The van der Waals surface area contributed by atoms with Gasteiger partial charge in [0, 0.05) is 25.8 Å². The highest BCUT2D eigenvalue weighted by Gasteiger charge is 2.15. The lowest BCUT2D eigenvalue weighted by atomic mass is 10.2. The van der Waals surface area contributed by atoms with Gasteiger partial charge in [0.05, 0.1) is 6.20 Å². The van der Waals surface area contributed by atoms with E-state index in [9.17, 15) is 0 Å². The summed E-state index contributed by atoms with van der Waals surface area (Å²) in [5.41, 5.74) is 2.00. The summed E-state index contributed by atoms with van der Waals surface area (Å²) in [7, 11) is 1.97. The Labute approximate surface area is 112 Å². The van der Waals surface area contributed by atoms with E-state index in [0.717, 1.165) is 30.3 Å². The average molecular weight is 267 g/mol. The molecule has 3 rings (SSSR count). The quantitative estimate of drug-likeness (QED) is 0.874. The molecule has 0 saturated carbocycles. The number of allylic oxidation sites excluding steroid dienone is 3. The van der Waals surface area contributed by atoms with Crippen LogP contribution in [0.1, 0.15) is 5.69 Å². The molecule has 0 bridgehead atoms. The summed E-state index contributed by atoms with van der Waals surface area (Å²) in [6.45, 7) is 2.18. The van der Waals surface area contributed by atoms with Crippen molar-refractivity contribution in [2.45, 2.75) is 6.54 Å². The van der Waals surface area contributed by atoms with Crippen LogP contribution < -0.4 is 15.0 Å². The van der Waals surface area contributed by atoms with E-state index < -0.39 is 0 Å². The average Bonchev–Trinajstić information content (AvgIpc) is 2.50. The monoisotopic (exact) mass is 266 g/mol. The zero-order valence-electron chi connectivity index (χ0n) is 10.1. The number of likely N-dealkylation sites (N-methyl/N-ethyl adjacent to an activating group) is 1. The van der Waals surface area contributed by atoms with Gasteiger partial charge in [0.1, 0.15) is 12.3 Å². The van der Waals surface area contributed by atoms with Gasteiger partial charge in [0.25, 0.3) is 0 Å². The number of fused-ring (bicyclic) bond motifs is 1. The molecule has 1 aromatic rings. The van der Waals surface area contributed by atoms with Gasteiger partial charge in [-0.25, -0.2) is 0 Å². The fourth-order valence-electron chi connectivity index (χ4n) is 1.75. The standard InChI is InChI=1S/C12H14N4O.ClH/c1-16(9-3-2-4-9)11-8-14-10-7-13-5-6-17-12(10)15-11;/h2-4,8,13H,5-7H2,1H3;1H. The van der Waals surface area contributed by atoms with Crippen molar-refractivity contribution < 1.29 is 4.74 Å².